The van der Waals surface area contributed by atoms with E-state index < -0.39 is 29.3 Å². The summed E-state index contributed by atoms with van der Waals surface area (Å²) in [6, 6.07) is 12.7. The van der Waals surface area contributed by atoms with Gasteiger partial charge in [0.1, 0.15) is 23.4 Å². The molecule has 1 unspecified atom stereocenters. The molecule has 33 heavy (non-hydrogen) atoms. The number of β-amino-alcohol motifs (C(OH)–C–C–N with tert-alkyl or cyclic N) is 1. The van der Waals surface area contributed by atoms with Crippen LogP contribution in [0.25, 0.3) is 0 Å². The number of nitrogens with zero attached hydrogens (tertiary/aromatic N) is 1. The number of hydrogen-bond acceptors (Lipinski definition) is 6. The van der Waals surface area contributed by atoms with Gasteiger partial charge in [0.25, 0.3) is 0 Å². The van der Waals surface area contributed by atoms with Gasteiger partial charge in [0, 0.05) is 34.5 Å². The van der Waals surface area contributed by atoms with Crippen LogP contribution in [-0.4, -0.2) is 45.5 Å². The molecule has 1 aliphatic rings. The normalized spacial score (nSPS) is 16.2. The number of phenols is 1. The SMILES string of the molecule is Oc1ccc(NCC2(O)CN(C(O)c3ccc(F)c(F)c3Nc3ccc(I)cc3F)C2)cc1. The van der Waals surface area contributed by atoms with Gasteiger partial charge in [-0.05, 0) is 77.2 Å². The zero-order chi connectivity index (χ0) is 23.8. The fraction of sp³-hybridized carbons (Fsp3) is 0.217. The Labute approximate surface area is 201 Å². The molecule has 0 amide bonds. The molecule has 0 radical (unpaired) electrons. The Balaban J connectivity index is 1.47. The van der Waals surface area contributed by atoms with E-state index in [2.05, 4.69) is 10.6 Å². The predicted octanol–water partition coefficient (Wildman–Crippen LogP) is 4.31. The highest BCUT2D eigenvalue weighted by Gasteiger charge is 2.44. The van der Waals surface area contributed by atoms with Crippen LogP contribution in [-0.2, 0) is 0 Å². The monoisotopic (exact) mass is 571 g/mol. The Morgan fingerprint density at radius 2 is 1.70 bits per heavy atom. The van der Waals surface area contributed by atoms with Crippen LogP contribution in [0.5, 0.6) is 5.75 Å². The maximum absolute atomic E-state index is 14.6. The molecule has 1 saturated heterocycles. The molecule has 0 spiro atoms. The summed E-state index contributed by atoms with van der Waals surface area (Å²) in [5.74, 6) is -2.91. The number of anilines is 3. The number of aliphatic hydroxyl groups is 2. The highest BCUT2D eigenvalue weighted by atomic mass is 127. The summed E-state index contributed by atoms with van der Waals surface area (Å²) in [5.41, 5.74) is -0.883. The van der Waals surface area contributed by atoms with Crippen molar-refractivity contribution in [3.05, 3.63) is 81.2 Å². The van der Waals surface area contributed by atoms with Crippen molar-refractivity contribution in [1.82, 2.24) is 4.90 Å². The molecule has 0 bridgehead atoms. The zero-order valence-corrected chi connectivity index (χ0v) is 19.4. The molecular weight excluding hydrogens is 550 g/mol. The van der Waals surface area contributed by atoms with E-state index in [1.165, 1.54) is 35.2 Å². The Morgan fingerprint density at radius 3 is 2.36 bits per heavy atom. The summed E-state index contributed by atoms with van der Waals surface area (Å²) in [6.45, 7) is 0.308. The molecule has 4 rings (SSSR count). The summed E-state index contributed by atoms with van der Waals surface area (Å²) in [7, 11) is 0. The third-order valence-electron chi connectivity index (χ3n) is 5.43. The van der Waals surface area contributed by atoms with E-state index in [1.54, 1.807) is 18.2 Å². The Kier molecular flexibility index (Phi) is 6.71. The minimum Gasteiger partial charge on any atom is -0.508 e. The van der Waals surface area contributed by atoms with Gasteiger partial charge < -0.3 is 26.0 Å². The number of nitrogens with one attached hydrogen (secondary N) is 2. The predicted molar refractivity (Wildman–Crippen MR) is 127 cm³/mol. The van der Waals surface area contributed by atoms with Crippen LogP contribution >= 0.6 is 22.6 Å². The number of aliphatic hydroxyl groups excluding tert-OH is 1. The van der Waals surface area contributed by atoms with Crippen LogP contribution in [0.2, 0.25) is 0 Å². The molecule has 0 aromatic heterocycles. The second-order valence-corrected chi connectivity index (χ2v) is 9.22. The van der Waals surface area contributed by atoms with Crippen LogP contribution in [0, 0.1) is 21.0 Å². The quantitative estimate of drug-likeness (QED) is 0.215. The molecule has 6 nitrogen and oxygen atoms in total. The van der Waals surface area contributed by atoms with Crippen molar-refractivity contribution in [1.29, 1.82) is 0 Å². The molecular formula is C23H21F3IN3O3. The maximum atomic E-state index is 14.6. The van der Waals surface area contributed by atoms with E-state index in [9.17, 15) is 28.5 Å². The van der Waals surface area contributed by atoms with E-state index >= 15 is 0 Å². The lowest BCUT2D eigenvalue weighted by molar-refractivity contribution is -0.155. The first-order valence-corrected chi connectivity index (χ1v) is 11.1. The number of benzene rings is 3. The molecule has 1 atom stereocenters. The number of rotatable bonds is 7. The smallest absolute Gasteiger partial charge is 0.182 e. The lowest BCUT2D eigenvalue weighted by Crippen LogP contribution is -2.65. The van der Waals surface area contributed by atoms with E-state index in [0.29, 0.717) is 9.26 Å². The van der Waals surface area contributed by atoms with Crippen LogP contribution in [0.3, 0.4) is 0 Å². The highest BCUT2D eigenvalue weighted by molar-refractivity contribution is 14.1. The second-order valence-electron chi connectivity index (χ2n) is 7.98. The third kappa shape index (κ3) is 5.18. The van der Waals surface area contributed by atoms with E-state index in [1.807, 2.05) is 22.6 Å². The second kappa shape index (κ2) is 9.37. The van der Waals surface area contributed by atoms with Gasteiger partial charge in [0.05, 0.1) is 11.4 Å². The number of hydrogen-bond donors (Lipinski definition) is 5. The van der Waals surface area contributed by atoms with Crippen LogP contribution in [0.4, 0.5) is 30.2 Å². The van der Waals surface area contributed by atoms with E-state index in [0.717, 1.165) is 6.07 Å². The van der Waals surface area contributed by atoms with Crippen molar-refractivity contribution in [3.8, 4) is 5.75 Å². The molecule has 1 aliphatic heterocycles. The van der Waals surface area contributed by atoms with Crippen LogP contribution in [0.1, 0.15) is 11.8 Å². The minimum atomic E-state index is -1.36. The van der Waals surface area contributed by atoms with Gasteiger partial charge in [0.2, 0.25) is 0 Å². The number of likely N-dealkylation sites (tertiary alicyclic amines) is 1. The van der Waals surface area contributed by atoms with Crippen molar-refractivity contribution >= 4 is 39.7 Å². The van der Waals surface area contributed by atoms with E-state index in [4.69, 9.17) is 0 Å². The first-order valence-electron chi connectivity index (χ1n) is 10.0. The van der Waals surface area contributed by atoms with Crippen LogP contribution < -0.4 is 10.6 Å². The first-order chi connectivity index (χ1) is 15.6. The van der Waals surface area contributed by atoms with Crippen LogP contribution in [0.15, 0.2) is 54.6 Å². The largest absolute Gasteiger partial charge is 0.508 e. The number of aromatic hydroxyl groups is 1. The van der Waals surface area contributed by atoms with E-state index in [-0.39, 0.29) is 42.3 Å². The first kappa shape index (κ1) is 23.6. The minimum absolute atomic E-state index is 0.0143. The molecule has 5 N–H and O–H groups in total. The van der Waals surface area contributed by atoms with Crippen molar-refractivity contribution in [2.45, 2.75) is 11.8 Å². The fourth-order valence-electron chi connectivity index (χ4n) is 3.67. The van der Waals surface area contributed by atoms with Gasteiger partial charge in [0.15, 0.2) is 11.6 Å². The van der Waals surface area contributed by atoms with Gasteiger partial charge in [-0.1, -0.05) is 0 Å². The Hall–Kier alpha value is -2.54. The molecule has 1 heterocycles. The molecule has 0 saturated carbocycles. The van der Waals surface area contributed by atoms with Gasteiger partial charge in [-0.25, -0.2) is 13.2 Å². The lowest BCUT2D eigenvalue weighted by atomic mass is 9.92. The summed E-state index contributed by atoms with van der Waals surface area (Å²) in [5, 5.41) is 36.5. The van der Waals surface area contributed by atoms with Crippen molar-refractivity contribution < 1.29 is 28.5 Å². The Bertz CT molecular complexity index is 1160. The van der Waals surface area contributed by atoms with Crippen molar-refractivity contribution in [3.63, 3.8) is 0 Å². The molecule has 0 aliphatic carbocycles. The van der Waals surface area contributed by atoms with Gasteiger partial charge >= 0.3 is 0 Å². The lowest BCUT2D eigenvalue weighted by Gasteiger charge is -2.48. The topological polar surface area (TPSA) is 88.0 Å². The summed E-state index contributed by atoms with van der Waals surface area (Å²) >= 11 is 1.93. The highest BCUT2D eigenvalue weighted by Crippen LogP contribution is 2.37. The van der Waals surface area contributed by atoms with Gasteiger partial charge in [-0.3, -0.25) is 4.90 Å². The maximum Gasteiger partial charge on any atom is 0.182 e. The summed E-state index contributed by atoms with van der Waals surface area (Å²) in [6.07, 6.45) is -1.36. The van der Waals surface area contributed by atoms with Crippen molar-refractivity contribution in [2.24, 2.45) is 0 Å². The molecule has 174 valence electrons. The molecule has 3 aromatic carbocycles. The average molecular weight is 571 g/mol. The number of phenolic OH excluding ortho intramolecular Hbond substituents is 1. The van der Waals surface area contributed by atoms with Gasteiger partial charge in [-0.2, -0.15) is 0 Å². The Morgan fingerprint density at radius 1 is 1.00 bits per heavy atom. The molecule has 10 heteroatoms. The fourth-order valence-corrected chi connectivity index (χ4v) is 4.12. The summed E-state index contributed by atoms with van der Waals surface area (Å²) in [4.78, 5) is 1.49. The molecule has 3 aromatic rings. The standard InChI is InChI=1S/C23H21F3IN3O3/c24-17-7-6-16(21(20(17)26)29-19-8-1-13(27)9-18(19)25)22(32)30-11-23(33,12-30)10-28-14-2-4-15(31)5-3-14/h1-9,22,28-29,31-33H,10-12H2. The van der Waals surface area contributed by atoms with Crippen molar-refractivity contribution in [2.75, 3.05) is 30.3 Å². The third-order valence-corrected chi connectivity index (χ3v) is 6.10. The average Bonchev–Trinajstić information content (AvgIpc) is 2.76. The zero-order valence-electron chi connectivity index (χ0n) is 17.2. The number of halogens is 4. The summed E-state index contributed by atoms with van der Waals surface area (Å²) < 4.78 is 43.5. The molecule has 1 fully saturated rings. The van der Waals surface area contributed by atoms with Gasteiger partial charge in [-0.15, -0.1) is 0 Å².